The van der Waals surface area contributed by atoms with Gasteiger partial charge in [-0.3, -0.25) is 0 Å². The molecule has 0 spiro atoms. The lowest BCUT2D eigenvalue weighted by Crippen LogP contribution is -1.74. The van der Waals surface area contributed by atoms with Crippen molar-refractivity contribution in [2.45, 2.75) is 6.92 Å². The van der Waals surface area contributed by atoms with Crippen LogP contribution < -0.4 is 0 Å². The zero-order valence-electron chi connectivity index (χ0n) is 5.79. The van der Waals surface area contributed by atoms with Crippen LogP contribution in [0.1, 0.15) is 5.76 Å². The Morgan fingerprint density at radius 2 is 2.00 bits per heavy atom. The van der Waals surface area contributed by atoms with Crippen molar-refractivity contribution >= 4 is 0 Å². The van der Waals surface area contributed by atoms with Gasteiger partial charge in [0.15, 0.2) is 0 Å². The lowest BCUT2D eigenvalue weighted by atomic mass is 10.2. The molecule has 2 aliphatic rings. The Morgan fingerprint density at radius 3 is 2.90 bits per heavy atom. The van der Waals surface area contributed by atoms with Crippen molar-refractivity contribution < 1.29 is 4.42 Å². The highest BCUT2D eigenvalue weighted by molar-refractivity contribution is 5.64. The van der Waals surface area contributed by atoms with E-state index in [9.17, 15) is 0 Å². The van der Waals surface area contributed by atoms with Crippen LogP contribution in [0.15, 0.2) is 34.9 Å². The largest absolute Gasteiger partial charge is 0.469 e. The molecule has 2 rings (SSSR count). The van der Waals surface area contributed by atoms with E-state index < -0.39 is 0 Å². The van der Waals surface area contributed by atoms with E-state index in [0.29, 0.717) is 0 Å². The van der Waals surface area contributed by atoms with Gasteiger partial charge in [-0.15, -0.1) is 0 Å². The van der Waals surface area contributed by atoms with Crippen molar-refractivity contribution in [2.24, 2.45) is 0 Å². The van der Waals surface area contributed by atoms with Gasteiger partial charge >= 0.3 is 0 Å². The quantitative estimate of drug-likeness (QED) is 0.537. The lowest BCUT2D eigenvalue weighted by Gasteiger charge is -1.97. The fourth-order valence-corrected chi connectivity index (χ4v) is 1.10. The van der Waals surface area contributed by atoms with Crippen LogP contribution in [0.3, 0.4) is 0 Å². The van der Waals surface area contributed by atoms with Crippen LogP contribution in [0.2, 0.25) is 0 Å². The minimum Gasteiger partial charge on any atom is -0.469 e. The smallest absolute Gasteiger partial charge is 0.101 e. The van der Waals surface area contributed by atoms with Gasteiger partial charge in [-0.25, -0.2) is 0 Å². The molecular formula is C9H8O. The molecule has 0 aromatic heterocycles. The van der Waals surface area contributed by atoms with Gasteiger partial charge in [0.05, 0.1) is 6.26 Å². The molecule has 10 heavy (non-hydrogen) atoms. The van der Waals surface area contributed by atoms with E-state index in [-0.39, 0.29) is 0 Å². The predicted molar refractivity (Wildman–Crippen MR) is 40.1 cm³/mol. The molecule has 0 N–H and O–H groups in total. The summed E-state index contributed by atoms with van der Waals surface area (Å²) < 4.78 is 5.20. The van der Waals surface area contributed by atoms with Crippen molar-refractivity contribution in [3.63, 3.8) is 0 Å². The van der Waals surface area contributed by atoms with Gasteiger partial charge in [0.1, 0.15) is 5.76 Å². The first-order valence-corrected chi connectivity index (χ1v) is 3.30. The molecular weight excluding hydrogens is 124 g/mol. The zero-order valence-corrected chi connectivity index (χ0v) is 5.79. The third-order valence-electron chi connectivity index (χ3n) is 1.62. The van der Waals surface area contributed by atoms with Crippen molar-refractivity contribution in [1.82, 2.24) is 0 Å². The maximum absolute atomic E-state index is 5.20. The van der Waals surface area contributed by atoms with Gasteiger partial charge in [0.25, 0.3) is 0 Å². The predicted octanol–water partition coefficient (Wildman–Crippen LogP) is 2.69. The van der Waals surface area contributed by atoms with Crippen LogP contribution in [0, 0.1) is 6.92 Å². The van der Waals surface area contributed by atoms with Crippen molar-refractivity contribution in [2.75, 3.05) is 0 Å². The first-order valence-electron chi connectivity index (χ1n) is 3.30. The molecule has 0 amide bonds. The van der Waals surface area contributed by atoms with Crippen LogP contribution in [-0.4, -0.2) is 0 Å². The van der Waals surface area contributed by atoms with E-state index in [1.807, 2.05) is 25.1 Å². The van der Waals surface area contributed by atoms with Crippen molar-refractivity contribution in [1.29, 1.82) is 0 Å². The summed E-state index contributed by atoms with van der Waals surface area (Å²) in [7, 11) is 0. The third kappa shape index (κ3) is 0.711. The van der Waals surface area contributed by atoms with Crippen LogP contribution in [0.5, 0.6) is 0 Å². The lowest BCUT2D eigenvalue weighted by molar-refractivity contribution is 0.518. The fourth-order valence-electron chi connectivity index (χ4n) is 1.10. The average Bonchev–Trinajstić information content (AvgIpc) is 2.33. The second-order valence-electron chi connectivity index (χ2n) is 2.43. The Kier molecular flexibility index (Phi) is 1.04. The first-order chi connectivity index (χ1) is 4.86. The highest BCUT2D eigenvalue weighted by atomic mass is 16.3. The molecule has 0 atom stereocenters. The standard InChI is InChI=1S/C9H8O/c1-7-5-8-3-2-4-9(8)6-10-7/h2-6H,1H3. The van der Waals surface area contributed by atoms with Gasteiger partial charge < -0.3 is 4.42 Å². The Bertz CT molecular complexity index is 309. The Hall–Kier alpha value is -1.24. The molecule has 1 heteroatoms. The van der Waals surface area contributed by atoms with Gasteiger partial charge in [-0.2, -0.15) is 0 Å². The molecule has 1 heterocycles. The second-order valence-corrected chi connectivity index (χ2v) is 2.43. The first kappa shape index (κ1) is 5.54. The van der Waals surface area contributed by atoms with Crippen LogP contribution >= 0.6 is 0 Å². The summed E-state index contributed by atoms with van der Waals surface area (Å²) in [6.07, 6.45) is 1.78. The maximum atomic E-state index is 5.20. The topological polar surface area (TPSA) is 13.1 Å². The molecule has 0 radical (unpaired) electrons. The highest BCUT2D eigenvalue weighted by Gasteiger charge is 2.00. The number of fused-ring (bicyclic) bond motifs is 1. The van der Waals surface area contributed by atoms with Gasteiger partial charge in [0, 0.05) is 5.56 Å². The van der Waals surface area contributed by atoms with E-state index >= 15 is 0 Å². The van der Waals surface area contributed by atoms with Crippen molar-refractivity contribution in [3.8, 4) is 11.1 Å². The number of hydrogen-bond acceptors (Lipinski definition) is 1. The molecule has 0 saturated heterocycles. The van der Waals surface area contributed by atoms with Gasteiger partial charge in [0.2, 0.25) is 0 Å². The fraction of sp³-hybridized carbons (Fsp3) is 0.111. The normalized spacial score (nSPS) is 10.5. The monoisotopic (exact) mass is 132 g/mol. The minimum absolute atomic E-state index is 0.957. The van der Waals surface area contributed by atoms with E-state index in [1.54, 1.807) is 6.26 Å². The summed E-state index contributed by atoms with van der Waals surface area (Å²) in [4.78, 5) is 0. The summed E-state index contributed by atoms with van der Waals surface area (Å²) in [6.45, 7) is 1.95. The summed E-state index contributed by atoms with van der Waals surface area (Å²) in [6, 6.07) is 8.19. The minimum atomic E-state index is 0.957. The molecule has 50 valence electrons. The van der Waals surface area contributed by atoms with Crippen LogP contribution in [0.25, 0.3) is 11.1 Å². The van der Waals surface area contributed by atoms with E-state index in [4.69, 9.17) is 4.42 Å². The Balaban J connectivity index is 2.75. The molecule has 0 bridgehead atoms. The summed E-state index contributed by atoms with van der Waals surface area (Å²) >= 11 is 0. The zero-order chi connectivity index (χ0) is 6.97. The summed E-state index contributed by atoms with van der Waals surface area (Å²) in [5, 5.41) is 0. The molecule has 0 aromatic carbocycles. The van der Waals surface area contributed by atoms with Crippen LogP contribution in [0.4, 0.5) is 0 Å². The number of rotatable bonds is 0. The average molecular weight is 132 g/mol. The highest BCUT2D eigenvalue weighted by Crippen LogP contribution is 2.23. The van der Waals surface area contributed by atoms with E-state index in [1.165, 1.54) is 11.1 Å². The Morgan fingerprint density at radius 1 is 1.20 bits per heavy atom. The summed E-state index contributed by atoms with van der Waals surface area (Å²) in [5.41, 5.74) is 2.43. The molecule has 0 unspecified atom stereocenters. The molecule has 0 aromatic rings. The Labute approximate surface area is 59.6 Å². The third-order valence-corrected chi connectivity index (χ3v) is 1.62. The van der Waals surface area contributed by atoms with Gasteiger partial charge in [-0.1, -0.05) is 18.2 Å². The number of hydrogen-bond donors (Lipinski definition) is 0. The van der Waals surface area contributed by atoms with E-state index in [2.05, 4.69) is 6.07 Å². The van der Waals surface area contributed by atoms with E-state index in [0.717, 1.165) is 5.76 Å². The molecule has 1 nitrogen and oxygen atoms in total. The molecule has 0 fully saturated rings. The van der Waals surface area contributed by atoms with Crippen LogP contribution in [-0.2, 0) is 0 Å². The SMILES string of the molecule is Cc1cc2cccc-2co1. The second kappa shape index (κ2) is 1.87. The molecule has 1 aliphatic carbocycles. The maximum Gasteiger partial charge on any atom is 0.101 e. The summed E-state index contributed by atoms with van der Waals surface area (Å²) in [5.74, 6) is 0.957. The molecule has 0 saturated carbocycles. The van der Waals surface area contributed by atoms with Gasteiger partial charge in [-0.05, 0) is 18.6 Å². The van der Waals surface area contributed by atoms with Crippen molar-refractivity contribution in [3.05, 3.63) is 36.3 Å². The number of aryl methyl sites for hydroxylation is 1. The molecule has 1 aliphatic heterocycles.